The molecule has 27 heavy (non-hydrogen) atoms. The van der Waals surface area contributed by atoms with E-state index in [2.05, 4.69) is 27.4 Å². The van der Waals surface area contributed by atoms with Gasteiger partial charge < -0.3 is 30.1 Å². The van der Waals surface area contributed by atoms with Crippen molar-refractivity contribution in [1.29, 1.82) is 0 Å². The van der Waals surface area contributed by atoms with Gasteiger partial charge in [-0.25, -0.2) is 9.99 Å². The topological polar surface area (TPSA) is 166 Å². The van der Waals surface area contributed by atoms with E-state index in [1.165, 1.54) is 6.42 Å². The highest BCUT2D eigenvalue weighted by molar-refractivity contribution is 7.45. The highest BCUT2D eigenvalue weighted by Crippen LogP contribution is 2.25. The van der Waals surface area contributed by atoms with Gasteiger partial charge in [0.1, 0.15) is 5.75 Å². The molecule has 7 N–H and O–H groups in total. The van der Waals surface area contributed by atoms with E-state index < -0.39 is 7.82 Å². The van der Waals surface area contributed by atoms with Gasteiger partial charge in [-0.2, -0.15) is 5.10 Å². The molecule has 0 saturated heterocycles. The number of guanidine groups is 1. The molecule has 0 atom stereocenters. The number of hydrogen-bond donors (Lipinski definition) is 6. The second-order valence-corrected chi connectivity index (χ2v) is 6.54. The number of hydrazone groups is 1. The minimum Gasteiger partial charge on any atom is -0.497 e. The average molecular weight is 399 g/mol. The lowest BCUT2D eigenvalue weighted by Crippen LogP contribution is -2.27. The van der Waals surface area contributed by atoms with Gasteiger partial charge in [0.25, 0.3) is 0 Å². The molecule has 0 aliphatic rings. The Hall–Kier alpha value is -2.39. The van der Waals surface area contributed by atoms with E-state index in [1.807, 2.05) is 24.4 Å². The molecule has 0 amide bonds. The molecule has 0 aliphatic carbocycles. The van der Waals surface area contributed by atoms with E-state index in [1.54, 1.807) is 13.3 Å². The monoisotopic (exact) mass is 399 g/mol. The number of benzene rings is 1. The molecule has 1 aromatic carbocycles. The number of nitrogens with two attached hydrogens (primary N) is 1. The maximum absolute atomic E-state index is 8.88. The smallest absolute Gasteiger partial charge is 0.466 e. The Kier molecular flexibility index (Phi) is 9.52. The van der Waals surface area contributed by atoms with Crippen molar-refractivity contribution < 1.29 is 24.0 Å². The molecule has 150 valence electrons. The van der Waals surface area contributed by atoms with Gasteiger partial charge in [0.05, 0.1) is 13.3 Å². The zero-order valence-electron chi connectivity index (χ0n) is 15.3. The molecule has 1 aromatic heterocycles. The Morgan fingerprint density at radius 2 is 2.07 bits per heavy atom. The van der Waals surface area contributed by atoms with Crippen LogP contribution < -0.4 is 15.9 Å². The highest BCUT2D eigenvalue weighted by atomic mass is 31.2. The number of H-pyrrole nitrogens is 1. The molecule has 0 bridgehead atoms. The number of aliphatic imine (C=N–C) groups is 1. The van der Waals surface area contributed by atoms with Crippen molar-refractivity contribution in [2.75, 3.05) is 13.7 Å². The van der Waals surface area contributed by atoms with Crippen LogP contribution in [0.1, 0.15) is 31.7 Å². The Labute approximate surface area is 157 Å². The number of ether oxygens (including phenoxy) is 1. The van der Waals surface area contributed by atoms with Gasteiger partial charge in [-0.3, -0.25) is 4.99 Å². The predicted octanol–water partition coefficient (Wildman–Crippen LogP) is 1.68. The van der Waals surface area contributed by atoms with E-state index in [9.17, 15) is 0 Å². The number of rotatable bonds is 7. The molecule has 2 aromatic rings. The molecule has 0 fully saturated rings. The van der Waals surface area contributed by atoms with Gasteiger partial charge in [0.15, 0.2) is 0 Å². The molecular weight excluding hydrogens is 373 g/mol. The first-order chi connectivity index (χ1) is 12.7. The van der Waals surface area contributed by atoms with Crippen LogP contribution in [0.4, 0.5) is 0 Å². The number of aromatic amines is 1. The summed E-state index contributed by atoms with van der Waals surface area (Å²) in [6.07, 6.45) is 6.99. The molecule has 2 rings (SSSR count). The van der Waals surface area contributed by atoms with Crippen LogP contribution in [0.5, 0.6) is 5.75 Å². The highest BCUT2D eigenvalue weighted by Gasteiger charge is 2.03. The van der Waals surface area contributed by atoms with Gasteiger partial charge in [0, 0.05) is 29.2 Å². The maximum Gasteiger partial charge on any atom is 0.466 e. The van der Waals surface area contributed by atoms with Crippen LogP contribution in [0, 0.1) is 0 Å². The second-order valence-electron chi connectivity index (χ2n) is 5.51. The van der Waals surface area contributed by atoms with Gasteiger partial charge >= 0.3 is 7.82 Å². The third kappa shape index (κ3) is 9.76. The number of nitrogens with one attached hydrogen (secondary N) is 2. The minimum atomic E-state index is -4.64. The number of hydrogen-bond acceptors (Lipinski definition) is 4. The number of unbranched alkanes of at least 4 members (excludes halogenated alkanes) is 2. The summed E-state index contributed by atoms with van der Waals surface area (Å²) in [5, 5.41) is 5.17. The number of phosphoric acid groups is 1. The van der Waals surface area contributed by atoms with Gasteiger partial charge in [-0.1, -0.05) is 19.8 Å². The summed E-state index contributed by atoms with van der Waals surface area (Å²) in [5.41, 5.74) is 10.5. The van der Waals surface area contributed by atoms with Crippen molar-refractivity contribution in [2.24, 2.45) is 15.8 Å². The van der Waals surface area contributed by atoms with E-state index in [0.717, 1.165) is 41.6 Å². The molecule has 10 nitrogen and oxygen atoms in total. The fraction of sp³-hybridized carbons (Fsp3) is 0.375. The lowest BCUT2D eigenvalue weighted by Gasteiger charge is -2.00. The fourth-order valence-electron chi connectivity index (χ4n) is 2.12. The summed E-state index contributed by atoms with van der Waals surface area (Å²) in [7, 11) is -2.99. The zero-order chi connectivity index (χ0) is 20.3. The zero-order valence-corrected chi connectivity index (χ0v) is 16.2. The first kappa shape index (κ1) is 22.7. The van der Waals surface area contributed by atoms with Crippen molar-refractivity contribution in [3.8, 4) is 5.75 Å². The Balaban J connectivity index is 0.000000646. The number of methoxy groups -OCH3 is 1. The van der Waals surface area contributed by atoms with Gasteiger partial charge in [-0.05, 0) is 24.6 Å². The number of nitrogens with zero attached hydrogens (tertiary/aromatic N) is 2. The summed E-state index contributed by atoms with van der Waals surface area (Å²) in [6.45, 7) is 2.89. The first-order valence-corrected chi connectivity index (χ1v) is 9.83. The summed E-state index contributed by atoms with van der Waals surface area (Å²) in [4.78, 5) is 29.0. The van der Waals surface area contributed by atoms with Crippen molar-refractivity contribution in [3.63, 3.8) is 0 Å². The predicted molar refractivity (Wildman–Crippen MR) is 106 cm³/mol. The summed E-state index contributed by atoms with van der Waals surface area (Å²) >= 11 is 0. The lowest BCUT2D eigenvalue weighted by molar-refractivity contribution is 0.275. The molecule has 1 heterocycles. The van der Waals surface area contributed by atoms with Crippen LogP contribution >= 0.6 is 7.82 Å². The standard InChI is InChI=1S/C16H23N5O.H3O4P/c1-3-4-5-8-18-16(17)21-20-11-12-10-19-15-7-6-13(22-2)9-14(12)15;1-5(2,3)4/h6-7,9-11,19H,3-5,8H2,1-2H3,(H3,17,18,21);(H3,1,2,3,4)/b20-11-;. The minimum absolute atomic E-state index is 0.338. The molecular formula is C16H26N5O5P. The Morgan fingerprint density at radius 3 is 2.70 bits per heavy atom. The van der Waals surface area contributed by atoms with E-state index in [0.29, 0.717) is 5.96 Å². The second kappa shape index (κ2) is 11.3. The average Bonchev–Trinajstić information content (AvgIpc) is 2.99. The van der Waals surface area contributed by atoms with Crippen LogP contribution in [0.25, 0.3) is 10.9 Å². The van der Waals surface area contributed by atoms with Crippen LogP contribution in [-0.2, 0) is 4.57 Å². The molecule has 11 heteroatoms. The van der Waals surface area contributed by atoms with Crippen molar-refractivity contribution in [2.45, 2.75) is 26.2 Å². The lowest BCUT2D eigenvalue weighted by atomic mass is 10.2. The molecule has 0 spiro atoms. The first-order valence-electron chi connectivity index (χ1n) is 8.27. The van der Waals surface area contributed by atoms with Crippen LogP contribution in [0.15, 0.2) is 34.5 Å². The third-order valence-electron chi connectivity index (χ3n) is 3.35. The van der Waals surface area contributed by atoms with Crippen molar-refractivity contribution >= 4 is 30.9 Å². The van der Waals surface area contributed by atoms with E-state index >= 15 is 0 Å². The Morgan fingerprint density at radius 1 is 1.37 bits per heavy atom. The SMILES string of the molecule is CCCCCN=C(N)N/N=C\c1c[nH]c2ccc(OC)cc12.O=P(O)(O)O. The van der Waals surface area contributed by atoms with Crippen molar-refractivity contribution in [1.82, 2.24) is 10.4 Å². The molecule has 0 radical (unpaired) electrons. The summed E-state index contributed by atoms with van der Waals surface area (Å²) < 4.78 is 14.1. The van der Waals surface area contributed by atoms with E-state index in [4.69, 9.17) is 29.7 Å². The van der Waals surface area contributed by atoms with E-state index in [-0.39, 0.29) is 0 Å². The summed E-state index contributed by atoms with van der Waals surface area (Å²) in [6, 6.07) is 5.86. The fourth-order valence-corrected chi connectivity index (χ4v) is 2.12. The molecule has 0 unspecified atom stereocenters. The molecule has 0 saturated carbocycles. The number of fused-ring (bicyclic) bond motifs is 1. The van der Waals surface area contributed by atoms with Gasteiger partial charge in [-0.15, -0.1) is 0 Å². The Bertz CT molecular complexity index is 806. The quantitative estimate of drug-likeness (QED) is 0.135. The largest absolute Gasteiger partial charge is 0.497 e. The van der Waals surface area contributed by atoms with Crippen LogP contribution in [0.2, 0.25) is 0 Å². The molecule has 0 aliphatic heterocycles. The van der Waals surface area contributed by atoms with Gasteiger partial charge in [0.2, 0.25) is 5.96 Å². The summed E-state index contributed by atoms with van der Waals surface area (Å²) in [5.74, 6) is 1.15. The van der Waals surface area contributed by atoms with Crippen LogP contribution in [0.3, 0.4) is 0 Å². The third-order valence-corrected chi connectivity index (χ3v) is 3.35. The maximum atomic E-state index is 8.88. The van der Waals surface area contributed by atoms with Crippen LogP contribution in [-0.4, -0.2) is 45.5 Å². The normalized spacial score (nSPS) is 12.1. The van der Waals surface area contributed by atoms with Crippen molar-refractivity contribution in [3.05, 3.63) is 30.0 Å². The number of aromatic nitrogens is 1.